The molecule has 0 spiro atoms. The number of nitro benzene ring substituents is 1. The van der Waals surface area contributed by atoms with Crippen LogP contribution in [0.2, 0.25) is 0 Å². The molecule has 0 aliphatic carbocycles. The third-order valence-corrected chi connectivity index (χ3v) is 5.96. The maximum atomic E-state index is 13.2. The predicted molar refractivity (Wildman–Crippen MR) is 125 cm³/mol. The van der Waals surface area contributed by atoms with E-state index in [2.05, 4.69) is 4.98 Å². The first kappa shape index (κ1) is 22.9. The number of Topliss-reactive ketones (excluding diaryl/α,β-unsaturated/α-hetero) is 1. The fourth-order valence-corrected chi connectivity index (χ4v) is 4.24. The molecule has 0 bridgehead atoms. The Kier molecular flexibility index (Phi) is 6.27. The van der Waals surface area contributed by atoms with Gasteiger partial charge in [-0.1, -0.05) is 29.8 Å². The molecule has 1 aliphatic rings. The lowest BCUT2D eigenvalue weighted by Gasteiger charge is -2.25. The number of aliphatic hydroxyl groups is 1. The third-order valence-electron chi connectivity index (χ3n) is 5.96. The van der Waals surface area contributed by atoms with Crippen molar-refractivity contribution in [2.24, 2.45) is 0 Å². The molecular weight excluding hydrogens is 436 g/mol. The van der Waals surface area contributed by atoms with Crippen LogP contribution in [0.5, 0.6) is 0 Å². The summed E-state index contributed by atoms with van der Waals surface area (Å²) in [6.45, 7) is 4.46. The van der Waals surface area contributed by atoms with Crippen LogP contribution in [0, 0.1) is 24.0 Å². The quantitative estimate of drug-likeness (QED) is 0.188. The van der Waals surface area contributed by atoms with E-state index in [4.69, 9.17) is 0 Å². The van der Waals surface area contributed by atoms with Crippen LogP contribution in [0.1, 0.15) is 34.7 Å². The first-order valence-electron chi connectivity index (χ1n) is 10.8. The van der Waals surface area contributed by atoms with Crippen LogP contribution in [0.15, 0.2) is 66.8 Å². The highest BCUT2D eigenvalue weighted by Crippen LogP contribution is 2.40. The van der Waals surface area contributed by atoms with Crippen LogP contribution < -0.4 is 0 Å². The number of non-ortho nitro benzene ring substituents is 1. The number of imidazole rings is 1. The first-order valence-corrected chi connectivity index (χ1v) is 10.8. The number of hydrogen-bond donors (Lipinski definition) is 1. The number of aromatic nitrogens is 2. The number of amides is 1. The lowest BCUT2D eigenvalue weighted by molar-refractivity contribution is -0.384. The zero-order chi connectivity index (χ0) is 24.4. The van der Waals surface area contributed by atoms with Crippen molar-refractivity contribution in [3.05, 3.63) is 99.1 Å². The van der Waals surface area contributed by atoms with Crippen LogP contribution in [-0.2, 0) is 16.1 Å². The molecule has 0 radical (unpaired) electrons. The van der Waals surface area contributed by atoms with E-state index < -0.39 is 22.7 Å². The van der Waals surface area contributed by atoms with Gasteiger partial charge in [-0.25, -0.2) is 4.98 Å². The number of ketones is 1. The fraction of sp³-hybridized carbons (Fsp3) is 0.240. The molecular formula is C25H24N4O5. The van der Waals surface area contributed by atoms with E-state index in [1.165, 1.54) is 23.1 Å². The zero-order valence-corrected chi connectivity index (χ0v) is 18.8. The van der Waals surface area contributed by atoms with E-state index in [9.17, 15) is 24.8 Å². The number of hydrogen-bond acceptors (Lipinski definition) is 6. The minimum absolute atomic E-state index is 0.0678. The zero-order valence-electron chi connectivity index (χ0n) is 18.8. The summed E-state index contributed by atoms with van der Waals surface area (Å²) in [6.07, 6.45) is 5.64. The maximum Gasteiger partial charge on any atom is 0.295 e. The summed E-state index contributed by atoms with van der Waals surface area (Å²) in [7, 11) is 0. The van der Waals surface area contributed by atoms with Crippen molar-refractivity contribution in [2.45, 2.75) is 32.9 Å². The Labute approximate surface area is 196 Å². The average Bonchev–Trinajstić information content (AvgIpc) is 3.42. The minimum Gasteiger partial charge on any atom is -0.507 e. The van der Waals surface area contributed by atoms with Crippen LogP contribution in [0.3, 0.4) is 0 Å². The normalized spacial score (nSPS) is 17.4. The van der Waals surface area contributed by atoms with E-state index in [0.717, 1.165) is 11.1 Å². The number of carbonyl (C=O) groups is 2. The van der Waals surface area contributed by atoms with Crippen LogP contribution in [0.25, 0.3) is 5.76 Å². The van der Waals surface area contributed by atoms with Crippen LogP contribution in [-0.4, -0.2) is 42.7 Å². The van der Waals surface area contributed by atoms with Gasteiger partial charge in [0.25, 0.3) is 17.4 Å². The number of nitrogens with zero attached hydrogens (tertiary/aromatic N) is 4. The molecule has 9 heteroatoms. The molecule has 1 aromatic heterocycles. The van der Waals surface area contributed by atoms with Gasteiger partial charge < -0.3 is 14.6 Å². The molecule has 2 heterocycles. The maximum absolute atomic E-state index is 13.2. The third kappa shape index (κ3) is 4.32. The first-order chi connectivity index (χ1) is 16.3. The minimum atomic E-state index is -0.942. The van der Waals surface area contributed by atoms with E-state index in [1.54, 1.807) is 37.8 Å². The van der Waals surface area contributed by atoms with Crippen molar-refractivity contribution >= 4 is 23.1 Å². The Hall–Kier alpha value is -4.27. The largest absolute Gasteiger partial charge is 0.507 e. The summed E-state index contributed by atoms with van der Waals surface area (Å²) in [4.78, 5) is 42.5. The van der Waals surface area contributed by atoms with Crippen molar-refractivity contribution in [1.82, 2.24) is 14.5 Å². The molecule has 1 saturated heterocycles. The topological polar surface area (TPSA) is 119 Å². The van der Waals surface area contributed by atoms with Gasteiger partial charge in [-0.15, -0.1) is 0 Å². The van der Waals surface area contributed by atoms with Crippen molar-refractivity contribution < 1.29 is 19.6 Å². The Morgan fingerprint density at radius 3 is 2.65 bits per heavy atom. The summed E-state index contributed by atoms with van der Waals surface area (Å²) >= 11 is 0. The number of aliphatic hydroxyl groups excluding tert-OH is 1. The average molecular weight is 460 g/mol. The summed E-state index contributed by atoms with van der Waals surface area (Å²) in [6, 6.07) is 10.4. The molecule has 174 valence electrons. The van der Waals surface area contributed by atoms with Gasteiger partial charge in [0, 0.05) is 43.2 Å². The Bertz CT molecular complexity index is 1300. The van der Waals surface area contributed by atoms with E-state index in [1.807, 2.05) is 23.6 Å². The molecule has 1 fully saturated rings. The lowest BCUT2D eigenvalue weighted by atomic mass is 9.93. The number of carbonyl (C=O) groups excluding carboxylic acids is 2. The van der Waals surface area contributed by atoms with Crippen LogP contribution >= 0.6 is 0 Å². The molecule has 2 aromatic carbocycles. The van der Waals surface area contributed by atoms with Gasteiger partial charge in [0.1, 0.15) is 5.76 Å². The van der Waals surface area contributed by atoms with Gasteiger partial charge in [0.05, 0.1) is 22.9 Å². The predicted octanol–water partition coefficient (Wildman–Crippen LogP) is 3.92. The molecule has 1 amide bonds. The van der Waals surface area contributed by atoms with Crippen molar-refractivity contribution in [3.8, 4) is 0 Å². The van der Waals surface area contributed by atoms with Gasteiger partial charge in [0.2, 0.25) is 0 Å². The van der Waals surface area contributed by atoms with Gasteiger partial charge in [-0.2, -0.15) is 0 Å². The summed E-state index contributed by atoms with van der Waals surface area (Å²) in [5, 5.41) is 22.6. The highest BCUT2D eigenvalue weighted by molar-refractivity contribution is 6.46. The molecule has 1 unspecified atom stereocenters. The van der Waals surface area contributed by atoms with Gasteiger partial charge >= 0.3 is 0 Å². The smallest absolute Gasteiger partial charge is 0.295 e. The van der Waals surface area contributed by atoms with E-state index in [-0.39, 0.29) is 23.6 Å². The van der Waals surface area contributed by atoms with Gasteiger partial charge in [-0.3, -0.25) is 19.7 Å². The highest BCUT2D eigenvalue weighted by atomic mass is 16.6. The Balaban J connectivity index is 1.81. The molecule has 1 N–H and O–H groups in total. The monoisotopic (exact) mass is 460 g/mol. The van der Waals surface area contributed by atoms with Crippen molar-refractivity contribution in [3.63, 3.8) is 0 Å². The highest BCUT2D eigenvalue weighted by Gasteiger charge is 2.46. The Morgan fingerprint density at radius 1 is 1.15 bits per heavy atom. The Morgan fingerprint density at radius 2 is 1.94 bits per heavy atom. The van der Waals surface area contributed by atoms with Crippen molar-refractivity contribution in [2.75, 3.05) is 6.54 Å². The number of nitro groups is 1. The van der Waals surface area contributed by atoms with E-state index in [0.29, 0.717) is 24.1 Å². The molecule has 34 heavy (non-hydrogen) atoms. The van der Waals surface area contributed by atoms with E-state index >= 15 is 0 Å². The molecule has 1 aliphatic heterocycles. The molecule has 1 atom stereocenters. The van der Waals surface area contributed by atoms with Crippen LogP contribution in [0.4, 0.5) is 5.69 Å². The molecule has 4 rings (SSSR count). The number of aryl methyl sites for hydroxylation is 3. The summed E-state index contributed by atoms with van der Waals surface area (Å²) in [5.74, 6) is -1.83. The van der Waals surface area contributed by atoms with Gasteiger partial charge in [-0.05, 0) is 37.5 Å². The second-order valence-electron chi connectivity index (χ2n) is 8.32. The standard InChI is InChI=1S/C25H24N4O5/c1-16-7-8-17(2)20(13-16)23(30)21-22(18-5-3-6-19(14-18)29(33)34)28(25(32)24(21)31)11-4-10-27-12-9-26-15-27/h3,5-9,12-15,22,30H,4,10-11H2,1-2H3/b23-21+. The molecule has 0 saturated carbocycles. The molecule has 3 aromatic rings. The summed E-state index contributed by atoms with van der Waals surface area (Å²) in [5.41, 5.74) is 2.24. The second kappa shape index (κ2) is 9.30. The summed E-state index contributed by atoms with van der Waals surface area (Å²) < 4.78 is 1.86. The number of rotatable bonds is 7. The number of benzene rings is 2. The lowest BCUT2D eigenvalue weighted by Crippen LogP contribution is -2.31. The second-order valence-corrected chi connectivity index (χ2v) is 8.32. The van der Waals surface area contributed by atoms with Gasteiger partial charge in [0.15, 0.2) is 0 Å². The fourth-order valence-electron chi connectivity index (χ4n) is 4.24. The molecule has 9 nitrogen and oxygen atoms in total. The number of likely N-dealkylation sites (tertiary alicyclic amines) is 1. The van der Waals surface area contributed by atoms with Crippen molar-refractivity contribution in [1.29, 1.82) is 0 Å². The SMILES string of the molecule is Cc1ccc(C)c(/C(O)=C2\C(=O)C(=O)N(CCCn3ccnc3)C2c2cccc([N+](=O)[O-])c2)c1.